The van der Waals surface area contributed by atoms with Crippen molar-refractivity contribution < 1.29 is 13.2 Å². The van der Waals surface area contributed by atoms with E-state index in [1.807, 2.05) is 13.0 Å². The molecule has 0 radical (unpaired) electrons. The van der Waals surface area contributed by atoms with Crippen LogP contribution in [-0.4, -0.2) is 30.9 Å². The molecule has 0 spiro atoms. The van der Waals surface area contributed by atoms with E-state index in [9.17, 15) is 13.2 Å². The Hall–Kier alpha value is -3.16. The normalized spacial score (nSPS) is 15.7. The van der Waals surface area contributed by atoms with Crippen LogP contribution in [0, 0.1) is 12.7 Å². The van der Waals surface area contributed by atoms with Crippen molar-refractivity contribution >= 4 is 11.0 Å². The van der Waals surface area contributed by atoms with Gasteiger partial charge in [-0.05, 0) is 43.7 Å². The molecule has 3 aromatic heterocycles. The zero-order valence-electron chi connectivity index (χ0n) is 15.0. The van der Waals surface area contributed by atoms with Crippen LogP contribution in [0.1, 0.15) is 17.8 Å². The number of aromatic amines is 1. The molecule has 5 nitrogen and oxygen atoms in total. The van der Waals surface area contributed by atoms with E-state index in [0.29, 0.717) is 16.9 Å². The second kappa shape index (κ2) is 5.92. The SMILES string of the molecule is Cc1cc(-c2c(-c3ccc(F)cc3)nn3c2CCC(F)(F)C3)c2cn[nH]c2n1. The summed E-state index contributed by atoms with van der Waals surface area (Å²) in [6.07, 6.45) is 1.65. The summed E-state index contributed by atoms with van der Waals surface area (Å²) in [7, 11) is 0. The molecule has 0 fully saturated rings. The van der Waals surface area contributed by atoms with Crippen LogP contribution in [0.2, 0.25) is 0 Å². The Balaban J connectivity index is 1.81. The second-order valence-corrected chi connectivity index (χ2v) is 7.13. The fourth-order valence-electron chi connectivity index (χ4n) is 3.84. The van der Waals surface area contributed by atoms with Gasteiger partial charge in [-0.2, -0.15) is 10.2 Å². The van der Waals surface area contributed by atoms with Crippen LogP contribution in [0.15, 0.2) is 36.5 Å². The molecule has 0 saturated carbocycles. The molecular weight excluding hydrogens is 367 g/mol. The first-order chi connectivity index (χ1) is 13.4. The van der Waals surface area contributed by atoms with Crippen LogP contribution >= 0.6 is 0 Å². The number of aromatic nitrogens is 5. The third-order valence-electron chi connectivity index (χ3n) is 5.10. The number of pyridine rings is 1. The number of nitrogens with zero attached hydrogens (tertiary/aromatic N) is 4. The van der Waals surface area contributed by atoms with Crippen molar-refractivity contribution in [2.75, 3.05) is 0 Å². The molecule has 0 saturated heterocycles. The number of rotatable bonds is 2. The highest BCUT2D eigenvalue weighted by Gasteiger charge is 2.37. The van der Waals surface area contributed by atoms with Crippen molar-refractivity contribution in [1.29, 1.82) is 0 Å². The Labute approximate surface area is 158 Å². The standard InChI is InChI=1S/C20H16F3N5/c1-11-8-14(15-9-24-26-19(15)25-11)17-16-6-7-20(22,23)10-28(16)27-18(17)12-2-4-13(21)5-3-12/h2-5,8-9H,6-7,10H2,1H3,(H,24,25,26). The van der Waals surface area contributed by atoms with Crippen LogP contribution in [0.25, 0.3) is 33.4 Å². The van der Waals surface area contributed by atoms with Gasteiger partial charge in [-0.25, -0.2) is 18.2 Å². The minimum atomic E-state index is -2.80. The average molecular weight is 383 g/mol. The van der Waals surface area contributed by atoms with Gasteiger partial charge in [-0.1, -0.05) is 0 Å². The zero-order valence-corrected chi connectivity index (χ0v) is 15.0. The monoisotopic (exact) mass is 383 g/mol. The van der Waals surface area contributed by atoms with Gasteiger partial charge in [-0.3, -0.25) is 9.78 Å². The molecule has 4 aromatic rings. The summed E-state index contributed by atoms with van der Waals surface area (Å²) < 4.78 is 42.8. The van der Waals surface area contributed by atoms with Gasteiger partial charge in [0.2, 0.25) is 0 Å². The largest absolute Gasteiger partial charge is 0.267 e. The first kappa shape index (κ1) is 17.0. The van der Waals surface area contributed by atoms with Gasteiger partial charge in [0.25, 0.3) is 5.92 Å². The Morgan fingerprint density at radius 2 is 1.96 bits per heavy atom. The maximum atomic E-state index is 14.0. The molecule has 0 amide bonds. The summed E-state index contributed by atoms with van der Waals surface area (Å²) in [5, 5.41) is 12.2. The summed E-state index contributed by atoms with van der Waals surface area (Å²) in [5.41, 5.74) is 4.99. The average Bonchev–Trinajstić information content (AvgIpc) is 3.24. The predicted molar refractivity (Wildman–Crippen MR) is 98.5 cm³/mol. The van der Waals surface area contributed by atoms with E-state index in [2.05, 4.69) is 20.3 Å². The number of hydrogen-bond donors (Lipinski definition) is 1. The molecule has 5 rings (SSSR count). The van der Waals surface area contributed by atoms with Gasteiger partial charge in [-0.15, -0.1) is 0 Å². The fraction of sp³-hybridized carbons (Fsp3) is 0.250. The van der Waals surface area contributed by atoms with Crippen molar-refractivity contribution in [3.05, 3.63) is 53.7 Å². The summed E-state index contributed by atoms with van der Waals surface area (Å²) in [5.74, 6) is -3.16. The Morgan fingerprint density at radius 1 is 1.18 bits per heavy atom. The van der Waals surface area contributed by atoms with Crippen LogP contribution < -0.4 is 0 Å². The number of aryl methyl sites for hydroxylation is 1. The maximum absolute atomic E-state index is 14.0. The minimum absolute atomic E-state index is 0.206. The number of nitrogens with one attached hydrogen (secondary N) is 1. The van der Waals surface area contributed by atoms with E-state index >= 15 is 0 Å². The van der Waals surface area contributed by atoms with E-state index in [0.717, 1.165) is 27.9 Å². The van der Waals surface area contributed by atoms with Crippen LogP contribution in [-0.2, 0) is 13.0 Å². The first-order valence-electron chi connectivity index (χ1n) is 8.96. The lowest BCUT2D eigenvalue weighted by atomic mass is 9.93. The Bertz CT molecular complexity index is 1190. The Kier molecular flexibility index (Phi) is 3.59. The minimum Gasteiger partial charge on any atom is -0.262 e. The lowest BCUT2D eigenvalue weighted by Crippen LogP contribution is -2.31. The van der Waals surface area contributed by atoms with E-state index in [4.69, 9.17) is 0 Å². The molecule has 142 valence electrons. The topological polar surface area (TPSA) is 59.4 Å². The third kappa shape index (κ3) is 2.67. The number of fused-ring (bicyclic) bond motifs is 2. The summed E-state index contributed by atoms with van der Waals surface area (Å²) in [6.45, 7) is 1.40. The summed E-state index contributed by atoms with van der Waals surface area (Å²) in [4.78, 5) is 4.44. The lowest BCUT2D eigenvalue weighted by Gasteiger charge is -2.23. The van der Waals surface area contributed by atoms with E-state index in [1.165, 1.54) is 16.8 Å². The quantitative estimate of drug-likeness (QED) is 0.554. The molecule has 1 N–H and O–H groups in total. The summed E-state index contributed by atoms with van der Waals surface area (Å²) in [6, 6.07) is 7.84. The van der Waals surface area contributed by atoms with E-state index in [-0.39, 0.29) is 18.7 Å². The van der Waals surface area contributed by atoms with Crippen molar-refractivity contribution in [2.24, 2.45) is 0 Å². The second-order valence-electron chi connectivity index (χ2n) is 7.13. The third-order valence-corrected chi connectivity index (χ3v) is 5.10. The van der Waals surface area contributed by atoms with E-state index in [1.54, 1.807) is 18.3 Å². The highest BCUT2D eigenvalue weighted by Crippen LogP contribution is 2.42. The van der Waals surface area contributed by atoms with Crippen molar-refractivity contribution in [3.8, 4) is 22.4 Å². The molecule has 0 atom stereocenters. The highest BCUT2D eigenvalue weighted by molar-refractivity contribution is 5.97. The molecule has 4 heterocycles. The first-order valence-corrected chi connectivity index (χ1v) is 8.96. The molecule has 1 aliphatic rings. The van der Waals surface area contributed by atoms with Crippen molar-refractivity contribution in [3.63, 3.8) is 0 Å². The smallest absolute Gasteiger partial charge is 0.262 e. The number of hydrogen-bond acceptors (Lipinski definition) is 3. The molecule has 1 aromatic carbocycles. The molecule has 28 heavy (non-hydrogen) atoms. The molecule has 0 unspecified atom stereocenters. The fourth-order valence-corrected chi connectivity index (χ4v) is 3.84. The number of alkyl halides is 2. The number of H-pyrrole nitrogens is 1. The Morgan fingerprint density at radius 3 is 2.75 bits per heavy atom. The van der Waals surface area contributed by atoms with Gasteiger partial charge < -0.3 is 0 Å². The maximum Gasteiger partial charge on any atom is 0.267 e. The summed E-state index contributed by atoms with van der Waals surface area (Å²) >= 11 is 0. The van der Waals surface area contributed by atoms with Gasteiger partial charge >= 0.3 is 0 Å². The van der Waals surface area contributed by atoms with Gasteiger partial charge in [0.1, 0.15) is 18.1 Å². The number of benzene rings is 1. The molecule has 1 aliphatic heterocycles. The van der Waals surface area contributed by atoms with E-state index < -0.39 is 12.5 Å². The van der Waals surface area contributed by atoms with Crippen LogP contribution in [0.5, 0.6) is 0 Å². The molecule has 0 aliphatic carbocycles. The molecule has 8 heteroatoms. The highest BCUT2D eigenvalue weighted by atomic mass is 19.3. The predicted octanol–water partition coefficient (Wildman–Crippen LogP) is 4.52. The lowest BCUT2D eigenvalue weighted by molar-refractivity contribution is -0.0377. The molecular formula is C20H16F3N5. The van der Waals surface area contributed by atoms with Gasteiger partial charge in [0.05, 0.1) is 6.20 Å². The zero-order chi connectivity index (χ0) is 19.5. The van der Waals surface area contributed by atoms with Crippen molar-refractivity contribution in [1.82, 2.24) is 25.0 Å². The number of halogens is 3. The van der Waals surface area contributed by atoms with Crippen LogP contribution in [0.4, 0.5) is 13.2 Å². The van der Waals surface area contributed by atoms with Crippen LogP contribution in [0.3, 0.4) is 0 Å². The molecule has 0 bridgehead atoms. The van der Waals surface area contributed by atoms with Gasteiger partial charge in [0.15, 0.2) is 5.65 Å². The van der Waals surface area contributed by atoms with Gasteiger partial charge in [0, 0.05) is 39.9 Å². The van der Waals surface area contributed by atoms with Crippen molar-refractivity contribution in [2.45, 2.75) is 32.2 Å².